The Balaban J connectivity index is 0.957. The van der Waals surface area contributed by atoms with Gasteiger partial charge in [-0.05, 0) is 82.8 Å². The SMILES string of the molecule is Nc1cc(N2CC3CC2CN3)nc(NC[C@H]2CC[C@H](CNCCCNC3CCCCC3)CC2)n1. The summed E-state index contributed by atoms with van der Waals surface area (Å²) >= 11 is 0. The second-order valence-electron chi connectivity index (χ2n) is 11.2. The first-order valence-corrected chi connectivity index (χ1v) is 14.1. The van der Waals surface area contributed by atoms with Gasteiger partial charge in [0.05, 0.1) is 0 Å². The maximum Gasteiger partial charge on any atom is 0.226 e. The molecule has 2 atom stereocenters. The quantitative estimate of drug-likeness (QED) is 0.315. The van der Waals surface area contributed by atoms with Crippen LogP contribution in [-0.2, 0) is 0 Å². The lowest BCUT2D eigenvalue weighted by molar-refractivity contribution is 0.275. The van der Waals surface area contributed by atoms with Gasteiger partial charge in [0.25, 0.3) is 0 Å². The average Bonchev–Trinajstić information content (AvgIpc) is 3.50. The first-order chi connectivity index (χ1) is 16.7. The van der Waals surface area contributed by atoms with E-state index in [-0.39, 0.29) is 0 Å². The van der Waals surface area contributed by atoms with Crippen molar-refractivity contribution in [2.45, 2.75) is 88.8 Å². The van der Waals surface area contributed by atoms with Crippen molar-refractivity contribution < 1.29 is 0 Å². The standard InChI is InChI=1S/C26H46N8/c27-24-14-25(34-18-22-13-23(34)17-30-22)33-26(32-24)31-16-20-9-7-19(8-10-20)15-28-11-4-12-29-21-5-2-1-3-6-21/h14,19-23,28-30H,1-13,15-18H2,(H3,27,31,32,33)/t19-,20-,22?,23?. The highest BCUT2D eigenvalue weighted by Crippen LogP contribution is 2.31. The molecule has 2 unspecified atom stereocenters. The Morgan fingerprint density at radius 1 is 0.971 bits per heavy atom. The summed E-state index contributed by atoms with van der Waals surface area (Å²) in [6, 6.07) is 3.86. The monoisotopic (exact) mass is 470 g/mol. The molecule has 5 rings (SSSR count). The van der Waals surface area contributed by atoms with Gasteiger partial charge < -0.3 is 31.9 Å². The molecule has 190 valence electrons. The fourth-order valence-electron chi connectivity index (χ4n) is 6.53. The summed E-state index contributed by atoms with van der Waals surface area (Å²) in [5.74, 6) is 3.77. The smallest absolute Gasteiger partial charge is 0.226 e. The van der Waals surface area contributed by atoms with Crippen molar-refractivity contribution in [3.05, 3.63) is 6.07 Å². The third kappa shape index (κ3) is 6.52. The van der Waals surface area contributed by atoms with Crippen molar-refractivity contribution in [1.29, 1.82) is 0 Å². The molecule has 2 saturated heterocycles. The van der Waals surface area contributed by atoms with Gasteiger partial charge in [-0.3, -0.25) is 0 Å². The van der Waals surface area contributed by atoms with E-state index in [4.69, 9.17) is 10.7 Å². The van der Waals surface area contributed by atoms with Crippen LogP contribution >= 0.6 is 0 Å². The van der Waals surface area contributed by atoms with Crippen LogP contribution in [0.2, 0.25) is 0 Å². The Hall–Kier alpha value is -1.64. The number of fused-ring (bicyclic) bond motifs is 2. The second kappa shape index (κ2) is 11.9. The van der Waals surface area contributed by atoms with E-state index in [0.29, 0.717) is 29.8 Å². The molecule has 6 N–H and O–H groups in total. The Morgan fingerprint density at radius 2 is 1.76 bits per heavy atom. The first-order valence-electron chi connectivity index (χ1n) is 14.1. The summed E-state index contributed by atoms with van der Waals surface area (Å²) in [6.45, 7) is 6.51. The number of hydrogen-bond donors (Lipinski definition) is 5. The van der Waals surface area contributed by atoms with Gasteiger partial charge in [0.1, 0.15) is 11.6 Å². The Kier molecular flexibility index (Phi) is 8.40. The van der Waals surface area contributed by atoms with E-state index in [1.54, 1.807) is 0 Å². The molecular formula is C26H46N8. The van der Waals surface area contributed by atoms with E-state index in [0.717, 1.165) is 44.0 Å². The molecule has 2 aliphatic carbocycles. The van der Waals surface area contributed by atoms with Crippen molar-refractivity contribution in [2.75, 3.05) is 55.2 Å². The minimum absolute atomic E-state index is 0.546. The summed E-state index contributed by atoms with van der Waals surface area (Å²) < 4.78 is 0. The zero-order valence-corrected chi connectivity index (χ0v) is 20.9. The molecule has 1 aromatic heterocycles. The molecule has 1 aromatic rings. The lowest BCUT2D eigenvalue weighted by atomic mass is 9.82. The van der Waals surface area contributed by atoms with E-state index in [9.17, 15) is 0 Å². The maximum atomic E-state index is 6.12. The highest BCUT2D eigenvalue weighted by molar-refractivity contribution is 5.53. The second-order valence-corrected chi connectivity index (χ2v) is 11.2. The number of anilines is 3. The highest BCUT2D eigenvalue weighted by atomic mass is 15.3. The Morgan fingerprint density at radius 3 is 2.50 bits per heavy atom. The minimum Gasteiger partial charge on any atom is -0.383 e. The molecule has 34 heavy (non-hydrogen) atoms. The topological polar surface area (TPSA) is 103 Å². The highest BCUT2D eigenvalue weighted by Gasteiger charge is 2.38. The lowest BCUT2D eigenvalue weighted by Gasteiger charge is -2.30. The predicted molar refractivity (Wildman–Crippen MR) is 140 cm³/mol. The Bertz CT molecular complexity index is 759. The molecule has 8 nitrogen and oxygen atoms in total. The van der Waals surface area contributed by atoms with Crippen LogP contribution in [0.1, 0.15) is 70.6 Å². The van der Waals surface area contributed by atoms with Crippen molar-refractivity contribution in [3.8, 4) is 0 Å². The summed E-state index contributed by atoms with van der Waals surface area (Å²) in [7, 11) is 0. The van der Waals surface area contributed by atoms with Crippen LogP contribution in [0.15, 0.2) is 6.07 Å². The van der Waals surface area contributed by atoms with E-state index in [2.05, 4.69) is 31.2 Å². The summed E-state index contributed by atoms with van der Waals surface area (Å²) in [4.78, 5) is 11.7. The average molecular weight is 471 g/mol. The van der Waals surface area contributed by atoms with Gasteiger partial charge in [-0.15, -0.1) is 0 Å². The fraction of sp³-hybridized carbons (Fsp3) is 0.846. The first kappa shape index (κ1) is 24.1. The Labute approximate surface area is 205 Å². The molecule has 4 aliphatic rings. The molecule has 2 saturated carbocycles. The van der Waals surface area contributed by atoms with Crippen LogP contribution < -0.4 is 31.9 Å². The third-order valence-electron chi connectivity index (χ3n) is 8.60. The van der Waals surface area contributed by atoms with Crippen LogP contribution in [0.25, 0.3) is 0 Å². The molecule has 0 amide bonds. The van der Waals surface area contributed by atoms with Gasteiger partial charge in [0, 0.05) is 43.8 Å². The van der Waals surface area contributed by atoms with Crippen molar-refractivity contribution in [3.63, 3.8) is 0 Å². The number of nitrogens with two attached hydrogens (primary N) is 1. The molecule has 3 heterocycles. The van der Waals surface area contributed by atoms with Crippen LogP contribution in [-0.4, -0.2) is 67.4 Å². The summed E-state index contributed by atoms with van der Waals surface area (Å²) in [5.41, 5.74) is 6.12. The minimum atomic E-state index is 0.546. The van der Waals surface area contributed by atoms with Crippen LogP contribution in [0.5, 0.6) is 0 Å². The molecule has 0 aromatic carbocycles. The van der Waals surface area contributed by atoms with Crippen molar-refractivity contribution in [2.24, 2.45) is 11.8 Å². The number of nitrogens with one attached hydrogen (secondary N) is 4. The van der Waals surface area contributed by atoms with Crippen LogP contribution in [0.3, 0.4) is 0 Å². The molecule has 4 fully saturated rings. The predicted octanol–water partition coefficient (Wildman–Crippen LogP) is 2.73. The fourth-order valence-corrected chi connectivity index (χ4v) is 6.53. The van der Waals surface area contributed by atoms with Gasteiger partial charge in [-0.25, -0.2) is 0 Å². The number of piperazine rings is 1. The largest absolute Gasteiger partial charge is 0.383 e. The van der Waals surface area contributed by atoms with E-state index in [1.165, 1.54) is 83.7 Å². The van der Waals surface area contributed by atoms with Crippen LogP contribution in [0.4, 0.5) is 17.6 Å². The van der Waals surface area contributed by atoms with Crippen molar-refractivity contribution >= 4 is 17.6 Å². The molecule has 8 heteroatoms. The van der Waals surface area contributed by atoms with Gasteiger partial charge in [0.15, 0.2) is 0 Å². The summed E-state index contributed by atoms with van der Waals surface area (Å²) in [6.07, 6.45) is 14.7. The van der Waals surface area contributed by atoms with E-state index >= 15 is 0 Å². The maximum absolute atomic E-state index is 6.12. The van der Waals surface area contributed by atoms with Gasteiger partial charge >= 0.3 is 0 Å². The van der Waals surface area contributed by atoms with Crippen molar-refractivity contribution in [1.82, 2.24) is 25.9 Å². The number of hydrogen-bond acceptors (Lipinski definition) is 8. The van der Waals surface area contributed by atoms with Gasteiger partial charge in [-0.2, -0.15) is 9.97 Å². The number of nitrogen functional groups attached to an aromatic ring is 1. The molecule has 0 radical (unpaired) electrons. The van der Waals surface area contributed by atoms with Gasteiger partial charge in [0.2, 0.25) is 5.95 Å². The number of nitrogens with zero attached hydrogens (tertiary/aromatic N) is 3. The van der Waals surface area contributed by atoms with Gasteiger partial charge in [-0.1, -0.05) is 19.3 Å². The van der Waals surface area contributed by atoms with E-state index < -0.39 is 0 Å². The molecule has 0 spiro atoms. The third-order valence-corrected chi connectivity index (χ3v) is 8.60. The number of rotatable bonds is 11. The molecule has 2 aliphatic heterocycles. The molecule has 2 bridgehead atoms. The normalized spacial score (nSPS) is 29.6. The zero-order valence-electron chi connectivity index (χ0n) is 20.9. The van der Waals surface area contributed by atoms with Crippen LogP contribution in [0, 0.1) is 11.8 Å². The zero-order chi connectivity index (χ0) is 23.2. The van der Waals surface area contributed by atoms with E-state index in [1.807, 2.05) is 6.07 Å². The lowest BCUT2D eigenvalue weighted by Crippen LogP contribution is -2.44. The molecular weight excluding hydrogens is 424 g/mol. The summed E-state index contributed by atoms with van der Waals surface area (Å²) in [5, 5.41) is 14.5. The number of aromatic nitrogens is 2.